The summed E-state index contributed by atoms with van der Waals surface area (Å²) in [5.41, 5.74) is -0.863. The van der Waals surface area contributed by atoms with Gasteiger partial charge in [-0.2, -0.15) is 13.2 Å². The number of nitrogens with zero attached hydrogens (tertiary/aromatic N) is 1. The van der Waals surface area contributed by atoms with Crippen LogP contribution in [-0.2, 0) is 0 Å². The topological polar surface area (TPSA) is 53.7 Å². The number of halogens is 3. The Morgan fingerprint density at radius 1 is 1.33 bits per heavy atom. The Kier molecular flexibility index (Phi) is 3.86. The average Bonchev–Trinajstić information content (AvgIpc) is 2.84. The molecule has 1 fully saturated rings. The molecule has 0 saturated carbocycles. The van der Waals surface area contributed by atoms with Crippen LogP contribution in [0.25, 0.3) is 11.0 Å². The number of fused-ring (bicyclic) bond motifs is 1. The summed E-state index contributed by atoms with van der Waals surface area (Å²) in [5, 5.41) is 10.6. The Balaban J connectivity index is 1.95. The first kappa shape index (κ1) is 16.8. The number of aliphatic hydroxyl groups is 1. The molecule has 3 rings (SSSR count). The van der Waals surface area contributed by atoms with Crippen LogP contribution in [0.5, 0.6) is 0 Å². The fraction of sp³-hybridized carbons (Fsp3) is 0.471. The molecule has 1 aromatic carbocycles. The van der Waals surface area contributed by atoms with Crippen LogP contribution in [-0.4, -0.2) is 40.8 Å². The first-order valence-corrected chi connectivity index (χ1v) is 7.71. The van der Waals surface area contributed by atoms with Crippen molar-refractivity contribution in [3.63, 3.8) is 0 Å². The van der Waals surface area contributed by atoms with Crippen LogP contribution in [0, 0.1) is 13.8 Å². The zero-order valence-corrected chi connectivity index (χ0v) is 13.4. The normalized spacial score (nSPS) is 22.2. The van der Waals surface area contributed by atoms with Crippen molar-refractivity contribution in [2.45, 2.75) is 38.5 Å². The second-order valence-corrected chi connectivity index (χ2v) is 6.37. The highest BCUT2D eigenvalue weighted by Crippen LogP contribution is 2.38. The number of carbonyl (C=O) groups is 1. The van der Waals surface area contributed by atoms with Crippen LogP contribution in [0.2, 0.25) is 0 Å². The van der Waals surface area contributed by atoms with E-state index in [1.54, 1.807) is 13.0 Å². The van der Waals surface area contributed by atoms with Crippen molar-refractivity contribution in [2.24, 2.45) is 0 Å². The van der Waals surface area contributed by atoms with E-state index in [0.29, 0.717) is 11.1 Å². The maximum absolute atomic E-state index is 13.1. The number of rotatable bonds is 1. The Bertz CT molecular complexity index is 796. The number of aryl methyl sites for hydroxylation is 2. The molecule has 1 amide bonds. The van der Waals surface area contributed by atoms with E-state index < -0.39 is 30.7 Å². The molecule has 0 spiro atoms. The van der Waals surface area contributed by atoms with Crippen LogP contribution in [0.15, 0.2) is 22.6 Å². The molecule has 1 aromatic heterocycles. The highest BCUT2D eigenvalue weighted by atomic mass is 19.4. The number of piperidine rings is 1. The fourth-order valence-corrected chi connectivity index (χ4v) is 3.17. The minimum atomic E-state index is -4.77. The molecule has 1 saturated heterocycles. The molecule has 0 aliphatic carbocycles. The van der Waals surface area contributed by atoms with Crippen LogP contribution in [0.4, 0.5) is 13.2 Å². The zero-order valence-electron chi connectivity index (χ0n) is 13.4. The van der Waals surface area contributed by atoms with Gasteiger partial charge < -0.3 is 14.4 Å². The Labute approximate surface area is 136 Å². The molecule has 1 aliphatic heterocycles. The van der Waals surface area contributed by atoms with Gasteiger partial charge in [-0.3, -0.25) is 4.79 Å². The lowest BCUT2D eigenvalue weighted by molar-refractivity contribution is -0.271. The smallest absolute Gasteiger partial charge is 0.418 e. The predicted octanol–water partition coefficient (Wildman–Crippen LogP) is 3.58. The lowest BCUT2D eigenvalue weighted by atomic mass is 9.92. The zero-order chi connectivity index (χ0) is 17.7. The molecule has 1 N–H and O–H groups in total. The van der Waals surface area contributed by atoms with Crippen molar-refractivity contribution in [1.29, 1.82) is 0 Å². The van der Waals surface area contributed by atoms with Gasteiger partial charge in [-0.05, 0) is 32.3 Å². The van der Waals surface area contributed by atoms with E-state index in [9.17, 15) is 23.1 Å². The summed E-state index contributed by atoms with van der Waals surface area (Å²) in [5.74, 6) is -0.587. The summed E-state index contributed by atoms with van der Waals surface area (Å²) in [6, 6.07) is 5.47. The Hall–Kier alpha value is -2.02. The maximum atomic E-state index is 13.1. The molecule has 4 nitrogen and oxygen atoms in total. The van der Waals surface area contributed by atoms with Gasteiger partial charge in [0.25, 0.3) is 5.91 Å². The van der Waals surface area contributed by atoms with Gasteiger partial charge in [0.05, 0.1) is 6.54 Å². The molecule has 1 unspecified atom stereocenters. The monoisotopic (exact) mass is 341 g/mol. The lowest BCUT2D eigenvalue weighted by Gasteiger charge is -2.39. The third-order valence-electron chi connectivity index (χ3n) is 4.64. The van der Waals surface area contributed by atoms with E-state index in [1.807, 2.05) is 19.1 Å². The molecule has 1 atom stereocenters. The van der Waals surface area contributed by atoms with E-state index in [4.69, 9.17) is 4.42 Å². The molecule has 0 radical (unpaired) electrons. The largest absolute Gasteiger partial charge is 0.450 e. The molecular weight excluding hydrogens is 323 g/mol. The molecule has 2 heterocycles. The van der Waals surface area contributed by atoms with Crippen LogP contribution < -0.4 is 0 Å². The number of alkyl halides is 3. The van der Waals surface area contributed by atoms with Crippen molar-refractivity contribution in [1.82, 2.24) is 4.90 Å². The highest BCUT2D eigenvalue weighted by Gasteiger charge is 2.56. The van der Waals surface area contributed by atoms with Crippen molar-refractivity contribution in [3.8, 4) is 0 Å². The van der Waals surface area contributed by atoms with E-state index in [1.165, 1.54) is 0 Å². The van der Waals surface area contributed by atoms with Gasteiger partial charge >= 0.3 is 6.18 Å². The van der Waals surface area contributed by atoms with Crippen molar-refractivity contribution in [3.05, 3.63) is 35.1 Å². The number of hydrogen-bond donors (Lipinski definition) is 1. The van der Waals surface area contributed by atoms with Crippen molar-refractivity contribution >= 4 is 16.9 Å². The number of para-hydroxylation sites is 1. The molecule has 0 bridgehead atoms. The lowest BCUT2D eigenvalue weighted by Crippen LogP contribution is -2.58. The minimum absolute atomic E-state index is 0.0331. The van der Waals surface area contributed by atoms with Gasteiger partial charge in [0.1, 0.15) is 5.58 Å². The predicted molar refractivity (Wildman–Crippen MR) is 81.8 cm³/mol. The Morgan fingerprint density at radius 2 is 2.04 bits per heavy atom. The summed E-state index contributed by atoms with van der Waals surface area (Å²) >= 11 is 0. The van der Waals surface area contributed by atoms with Gasteiger partial charge in [0.15, 0.2) is 11.4 Å². The third kappa shape index (κ3) is 2.56. The summed E-state index contributed by atoms with van der Waals surface area (Å²) in [6.07, 6.45) is -5.09. The number of furan rings is 1. The molecule has 1 aliphatic rings. The van der Waals surface area contributed by atoms with Crippen molar-refractivity contribution < 1.29 is 27.5 Å². The van der Waals surface area contributed by atoms with E-state index in [2.05, 4.69) is 0 Å². The van der Waals surface area contributed by atoms with E-state index in [-0.39, 0.29) is 18.7 Å². The standard InChI is InChI=1S/C17H18F3NO3/c1-10-5-3-6-12-11(2)14(24-13(10)12)15(22)21-8-4-7-16(23,9-21)17(18,19)20/h3,5-6,23H,4,7-9H2,1-2H3. The average molecular weight is 341 g/mol. The van der Waals surface area contributed by atoms with Gasteiger partial charge in [-0.25, -0.2) is 0 Å². The number of β-amino-alcohol motifs (C(OH)–C–C–N with tert-alkyl or cyclic N) is 1. The SMILES string of the molecule is Cc1c(C(=O)N2CCCC(O)(C(F)(F)F)C2)oc2c(C)cccc12. The van der Waals surface area contributed by atoms with E-state index >= 15 is 0 Å². The summed E-state index contributed by atoms with van der Waals surface area (Å²) in [4.78, 5) is 13.7. The van der Waals surface area contributed by atoms with Gasteiger partial charge in [0, 0.05) is 17.5 Å². The molecule has 7 heteroatoms. The summed E-state index contributed by atoms with van der Waals surface area (Å²) < 4.78 is 44.8. The first-order chi connectivity index (χ1) is 11.1. The second-order valence-electron chi connectivity index (χ2n) is 6.37. The van der Waals surface area contributed by atoms with Gasteiger partial charge in [-0.1, -0.05) is 18.2 Å². The summed E-state index contributed by atoms with van der Waals surface area (Å²) in [6.45, 7) is 2.93. The minimum Gasteiger partial charge on any atom is -0.450 e. The van der Waals surface area contributed by atoms with Crippen LogP contribution in [0.1, 0.15) is 34.5 Å². The van der Waals surface area contributed by atoms with Crippen LogP contribution >= 0.6 is 0 Å². The van der Waals surface area contributed by atoms with Gasteiger partial charge in [0.2, 0.25) is 0 Å². The number of benzene rings is 1. The van der Waals surface area contributed by atoms with Crippen molar-refractivity contribution in [2.75, 3.05) is 13.1 Å². The maximum Gasteiger partial charge on any atom is 0.418 e. The summed E-state index contributed by atoms with van der Waals surface area (Å²) in [7, 11) is 0. The quantitative estimate of drug-likeness (QED) is 0.863. The number of hydrogen-bond acceptors (Lipinski definition) is 3. The second kappa shape index (κ2) is 5.51. The first-order valence-electron chi connectivity index (χ1n) is 7.71. The molecular formula is C17H18F3NO3. The third-order valence-corrected chi connectivity index (χ3v) is 4.64. The molecule has 24 heavy (non-hydrogen) atoms. The van der Waals surface area contributed by atoms with Gasteiger partial charge in [-0.15, -0.1) is 0 Å². The number of amides is 1. The highest BCUT2D eigenvalue weighted by molar-refractivity contribution is 5.99. The Morgan fingerprint density at radius 3 is 2.67 bits per heavy atom. The van der Waals surface area contributed by atoms with Crippen LogP contribution in [0.3, 0.4) is 0 Å². The molecule has 130 valence electrons. The number of likely N-dealkylation sites (tertiary alicyclic amines) is 1. The fourth-order valence-electron chi connectivity index (χ4n) is 3.17. The number of carbonyl (C=O) groups excluding carboxylic acids is 1. The van der Waals surface area contributed by atoms with E-state index in [0.717, 1.165) is 15.8 Å². The molecule has 2 aromatic rings.